The standard InChI is InChI=1S/C20H37N3O3SSi/c1-8-25-19(24)23-11-9-16(10-12-23)21-13-17-14-22-18(27-17)15(2)26-28(6,7)20(3,4)5/h14-16,21H,8-13H2,1-7H3/t15-/m1/s1. The number of nitrogens with zero attached hydrogens (tertiary/aromatic N) is 2. The number of hydrogen-bond acceptors (Lipinski definition) is 6. The van der Waals surface area contributed by atoms with Gasteiger partial charge in [-0.25, -0.2) is 9.78 Å². The third kappa shape index (κ3) is 6.27. The summed E-state index contributed by atoms with van der Waals surface area (Å²) in [5.41, 5.74) is 0. The predicted molar refractivity (Wildman–Crippen MR) is 117 cm³/mol. The van der Waals surface area contributed by atoms with Crippen LogP contribution in [0.15, 0.2) is 6.20 Å². The largest absolute Gasteiger partial charge is 0.450 e. The maximum atomic E-state index is 11.8. The molecule has 2 rings (SSSR count). The molecule has 1 amide bonds. The number of nitrogens with one attached hydrogen (secondary N) is 1. The summed E-state index contributed by atoms with van der Waals surface area (Å²) < 4.78 is 11.5. The number of thiazole rings is 1. The van der Waals surface area contributed by atoms with Crippen molar-refractivity contribution in [3.63, 3.8) is 0 Å². The minimum absolute atomic E-state index is 0.0347. The molecule has 1 fully saturated rings. The summed E-state index contributed by atoms with van der Waals surface area (Å²) in [5, 5.41) is 4.86. The molecule has 8 heteroatoms. The van der Waals surface area contributed by atoms with Crippen LogP contribution in [0.5, 0.6) is 0 Å². The molecule has 28 heavy (non-hydrogen) atoms. The Bertz CT molecular complexity index is 637. The summed E-state index contributed by atoms with van der Waals surface area (Å²) in [7, 11) is -1.80. The van der Waals surface area contributed by atoms with E-state index in [9.17, 15) is 4.79 Å². The second-order valence-corrected chi connectivity index (χ2v) is 14.9. The molecule has 1 saturated heterocycles. The Balaban J connectivity index is 1.80. The molecule has 160 valence electrons. The first-order valence-electron chi connectivity index (χ1n) is 10.3. The smallest absolute Gasteiger partial charge is 0.409 e. The minimum atomic E-state index is -1.80. The molecule has 1 N–H and O–H groups in total. The van der Waals surface area contributed by atoms with Gasteiger partial charge in [-0.3, -0.25) is 0 Å². The van der Waals surface area contributed by atoms with Crippen LogP contribution in [-0.4, -0.2) is 50.0 Å². The molecule has 0 aliphatic carbocycles. The van der Waals surface area contributed by atoms with Crippen molar-refractivity contribution in [3.8, 4) is 0 Å². The number of likely N-dealkylation sites (tertiary alicyclic amines) is 1. The number of ether oxygens (including phenoxy) is 1. The van der Waals surface area contributed by atoms with Crippen molar-refractivity contribution in [1.82, 2.24) is 15.2 Å². The van der Waals surface area contributed by atoms with E-state index in [-0.39, 0.29) is 17.2 Å². The van der Waals surface area contributed by atoms with E-state index in [4.69, 9.17) is 9.16 Å². The van der Waals surface area contributed by atoms with Crippen LogP contribution in [0.2, 0.25) is 18.1 Å². The average Bonchev–Trinajstić information content (AvgIpc) is 3.08. The van der Waals surface area contributed by atoms with Crippen LogP contribution in [0.3, 0.4) is 0 Å². The van der Waals surface area contributed by atoms with E-state index < -0.39 is 8.32 Å². The highest BCUT2D eigenvalue weighted by Crippen LogP contribution is 2.40. The number of piperidine rings is 1. The molecule has 0 saturated carbocycles. The van der Waals surface area contributed by atoms with Gasteiger partial charge in [-0.1, -0.05) is 20.8 Å². The van der Waals surface area contributed by atoms with Crippen molar-refractivity contribution in [2.75, 3.05) is 19.7 Å². The third-order valence-electron chi connectivity index (χ3n) is 5.78. The molecule has 1 aromatic rings. The van der Waals surface area contributed by atoms with Crippen molar-refractivity contribution in [1.29, 1.82) is 0 Å². The van der Waals surface area contributed by atoms with Crippen molar-refractivity contribution >= 4 is 25.7 Å². The first kappa shape index (κ1) is 23.3. The summed E-state index contributed by atoms with van der Waals surface area (Å²) in [5.74, 6) is 0. The molecular weight excluding hydrogens is 390 g/mol. The van der Waals surface area contributed by atoms with Gasteiger partial charge in [0, 0.05) is 36.8 Å². The topological polar surface area (TPSA) is 63.7 Å². The normalized spacial score (nSPS) is 17.6. The van der Waals surface area contributed by atoms with E-state index in [1.54, 1.807) is 16.2 Å². The molecule has 6 nitrogen and oxygen atoms in total. The van der Waals surface area contributed by atoms with Crippen LogP contribution in [0.4, 0.5) is 4.79 Å². The lowest BCUT2D eigenvalue weighted by Gasteiger charge is -2.38. The number of carbonyl (C=O) groups excluding carboxylic acids is 1. The quantitative estimate of drug-likeness (QED) is 0.625. The van der Waals surface area contributed by atoms with E-state index in [1.807, 2.05) is 13.1 Å². The number of carbonyl (C=O) groups is 1. The van der Waals surface area contributed by atoms with Gasteiger partial charge < -0.3 is 19.4 Å². The molecule has 1 atom stereocenters. The number of amides is 1. The Kier molecular flexibility index (Phi) is 8.07. The Morgan fingerprint density at radius 3 is 2.61 bits per heavy atom. The van der Waals surface area contributed by atoms with E-state index >= 15 is 0 Å². The van der Waals surface area contributed by atoms with Crippen LogP contribution < -0.4 is 5.32 Å². The molecule has 0 unspecified atom stereocenters. The average molecular weight is 428 g/mol. The zero-order valence-corrected chi connectivity index (χ0v) is 20.3. The van der Waals surface area contributed by atoms with Crippen LogP contribution in [0.1, 0.15) is 63.4 Å². The zero-order chi connectivity index (χ0) is 20.9. The van der Waals surface area contributed by atoms with Gasteiger partial charge in [0.2, 0.25) is 0 Å². The van der Waals surface area contributed by atoms with Gasteiger partial charge in [0.25, 0.3) is 0 Å². The number of aromatic nitrogens is 1. The molecule has 0 radical (unpaired) electrons. The molecule has 1 aliphatic rings. The van der Waals surface area contributed by atoms with Gasteiger partial charge in [0.05, 0.1) is 12.7 Å². The first-order valence-corrected chi connectivity index (χ1v) is 14.0. The number of hydrogen-bond donors (Lipinski definition) is 1. The molecular formula is C20H37N3O3SSi. The Labute approximate surface area is 175 Å². The number of rotatable bonds is 7. The van der Waals surface area contributed by atoms with Gasteiger partial charge in [-0.05, 0) is 44.8 Å². The second-order valence-electron chi connectivity index (χ2n) is 9.03. The fourth-order valence-corrected chi connectivity index (χ4v) is 5.27. The van der Waals surface area contributed by atoms with E-state index in [0.717, 1.165) is 37.5 Å². The summed E-state index contributed by atoms with van der Waals surface area (Å²) in [6.07, 6.45) is 3.72. The lowest BCUT2D eigenvalue weighted by Crippen LogP contribution is -2.44. The van der Waals surface area contributed by atoms with Gasteiger partial charge >= 0.3 is 6.09 Å². The SMILES string of the molecule is CCOC(=O)N1CCC(NCc2cnc([C@@H](C)O[Si](C)(C)C(C)(C)C)s2)CC1. The van der Waals surface area contributed by atoms with Crippen molar-refractivity contribution < 1.29 is 14.0 Å². The molecule has 2 heterocycles. The van der Waals surface area contributed by atoms with Crippen LogP contribution in [0.25, 0.3) is 0 Å². The lowest BCUT2D eigenvalue weighted by molar-refractivity contribution is 0.0950. The van der Waals surface area contributed by atoms with Crippen molar-refractivity contribution in [3.05, 3.63) is 16.1 Å². The van der Waals surface area contributed by atoms with E-state index in [0.29, 0.717) is 12.6 Å². The summed E-state index contributed by atoms with van der Waals surface area (Å²) >= 11 is 1.73. The van der Waals surface area contributed by atoms with E-state index in [1.165, 1.54) is 4.88 Å². The molecule has 1 aromatic heterocycles. The van der Waals surface area contributed by atoms with Gasteiger partial charge in [-0.2, -0.15) is 0 Å². The molecule has 0 bridgehead atoms. The van der Waals surface area contributed by atoms with Gasteiger partial charge in [0.1, 0.15) is 5.01 Å². The maximum Gasteiger partial charge on any atom is 0.409 e. The lowest BCUT2D eigenvalue weighted by atomic mass is 10.1. The van der Waals surface area contributed by atoms with Crippen LogP contribution >= 0.6 is 11.3 Å². The monoisotopic (exact) mass is 427 g/mol. The third-order valence-corrected chi connectivity index (χ3v) is 11.5. The summed E-state index contributed by atoms with van der Waals surface area (Å²) in [6, 6.07) is 0.428. The summed E-state index contributed by atoms with van der Waals surface area (Å²) in [6.45, 7) is 18.0. The van der Waals surface area contributed by atoms with E-state index in [2.05, 4.69) is 51.1 Å². The predicted octanol–water partition coefficient (Wildman–Crippen LogP) is 4.94. The highest BCUT2D eigenvalue weighted by molar-refractivity contribution is 7.11. The first-order chi connectivity index (χ1) is 13.0. The van der Waals surface area contributed by atoms with Crippen molar-refractivity contribution in [2.24, 2.45) is 0 Å². The Morgan fingerprint density at radius 2 is 2.04 bits per heavy atom. The van der Waals surface area contributed by atoms with Crippen molar-refractivity contribution in [2.45, 2.75) is 84.3 Å². The van der Waals surface area contributed by atoms with Gasteiger partial charge in [0.15, 0.2) is 8.32 Å². The second kappa shape index (κ2) is 9.69. The van der Waals surface area contributed by atoms with Gasteiger partial charge in [-0.15, -0.1) is 11.3 Å². The molecule has 0 aromatic carbocycles. The van der Waals surface area contributed by atoms with Crippen LogP contribution in [-0.2, 0) is 15.7 Å². The Hall–Kier alpha value is -0.963. The molecule has 1 aliphatic heterocycles. The Morgan fingerprint density at radius 1 is 1.39 bits per heavy atom. The highest BCUT2D eigenvalue weighted by Gasteiger charge is 2.39. The zero-order valence-electron chi connectivity index (χ0n) is 18.5. The fraction of sp³-hybridized carbons (Fsp3) is 0.800. The minimum Gasteiger partial charge on any atom is -0.450 e. The maximum absolute atomic E-state index is 11.8. The fourth-order valence-electron chi connectivity index (χ4n) is 2.99. The highest BCUT2D eigenvalue weighted by atomic mass is 32.1. The molecule has 0 spiro atoms. The summed E-state index contributed by atoms with van der Waals surface area (Å²) in [4.78, 5) is 19.4. The van der Waals surface area contributed by atoms with Crippen LogP contribution in [0, 0.1) is 0 Å².